The summed E-state index contributed by atoms with van der Waals surface area (Å²) in [4.78, 5) is 22.5. The van der Waals surface area contributed by atoms with Crippen molar-refractivity contribution in [3.63, 3.8) is 0 Å². The van der Waals surface area contributed by atoms with Crippen LogP contribution in [0.1, 0.15) is 32.3 Å². The molecule has 1 aromatic carbocycles. The van der Waals surface area contributed by atoms with E-state index in [0.717, 1.165) is 12.1 Å². The lowest BCUT2D eigenvalue weighted by molar-refractivity contribution is -0.141. The minimum Gasteiger partial charge on any atom is -0.469 e. The Bertz CT molecular complexity index is 424. The van der Waals surface area contributed by atoms with Gasteiger partial charge >= 0.3 is 5.97 Å². The molecule has 1 aromatic rings. The largest absolute Gasteiger partial charge is 0.469 e. The second-order valence-electron chi connectivity index (χ2n) is 4.92. The molecule has 0 saturated carbocycles. The summed E-state index contributed by atoms with van der Waals surface area (Å²) in [6, 6.07) is 7.79. The monoisotopic (exact) mass is 263 g/mol. The van der Waals surface area contributed by atoms with Gasteiger partial charge in [-0.2, -0.15) is 0 Å². The molecule has 0 atom stereocenters. The highest BCUT2D eigenvalue weighted by molar-refractivity contribution is 5.92. The van der Waals surface area contributed by atoms with E-state index in [4.69, 9.17) is 0 Å². The second kappa shape index (κ2) is 7.56. The van der Waals surface area contributed by atoms with Crippen LogP contribution in [-0.2, 0) is 20.7 Å². The molecule has 0 heterocycles. The Hall–Kier alpha value is -1.84. The summed E-state index contributed by atoms with van der Waals surface area (Å²) in [5.41, 5.74) is 2.00. The zero-order valence-electron chi connectivity index (χ0n) is 11.7. The highest BCUT2D eigenvalue weighted by Crippen LogP contribution is 2.13. The highest BCUT2D eigenvalue weighted by atomic mass is 16.5. The first-order chi connectivity index (χ1) is 9.01. The van der Waals surface area contributed by atoms with Crippen molar-refractivity contribution in [2.75, 3.05) is 12.4 Å². The van der Waals surface area contributed by atoms with E-state index in [1.165, 1.54) is 12.7 Å². The van der Waals surface area contributed by atoms with Crippen molar-refractivity contribution in [3.8, 4) is 0 Å². The molecule has 1 N–H and O–H groups in total. The molecule has 0 radical (unpaired) electrons. The zero-order valence-corrected chi connectivity index (χ0v) is 11.7. The van der Waals surface area contributed by atoms with Crippen molar-refractivity contribution in [2.45, 2.75) is 33.1 Å². The van der Waals surface area contributed by atoms with Crippen molar-refractivity contribution in [1.29, 1.82) is 0 Å². The molecule has 0 bridgehead atoms. The Morgan fingerprint density at radius 1 is 1.16 bits per heavy atom. The molecule has 0 fully saturated rings. The molecule has 4 nitrogen and oxygen atoms in total. The first-order valence-electron chi connectivity index (χ1n) is 6.47. The van der Waals surface area contributed by atoms with Crippen LogP contribution in [0, 0.1) is 5.92 Å². The minimum absolute atomic E-state index is 0.105. The van der Waals surface area contributed by atoms with Crippen LogP contribution in [0.15, 0.2) is 24.3 Å². The van der Waals surface area contributed by atoms with Crippen molar-refractivity contribution >= 4 is 17.6 Å². The lowest BCUT2D eigenvalue weighted by Gasteiger charge is -2.08. The van der Waals surface area contributed by atoms with E-state index in [1.807, 2.05) is 24.3 Å². The lowest BCUT2D eigenvalue weighted by atomic mass is 10.0. The van der Waals surface area contributed by atoms with Crippen molar-refractivity contribution in [2.24, 2.45) is 5.92 Å². The Kier molecular flexibility index (Phi) is 6.06. The SMILES string of the molecule is COC(=O)CCC(=O)Nc1ccc(CC(C)C)cc1. The normalized spacial score (nSPS) is 10.3. The van der Waals surface area contributed by atoms with Crippen molar-refractivity contribution in [3.05, 3.63) is 29.8 Å². The first-order valence-corrected chi connectivity index (χ1v) is 6.47. The van der Waals surface area contributed by atoms with Gasteiger partial charge in [0, 0.05) is 12.1 Å². The number of benzene rings is 1. The van der Waals surface area contributed by atoms with Crippen molar-refractivity contribution < 1.29 is 14.3 Å². The van der Waals surface area contributed by atoms with Crippen LogP contribution >= 0.6 is 0 Å². The number of hydrogen-bond donors (Lipinski definition) is 1. The van der Waals surface area contributed by atoms with Crippen LogP contribution in [0.4, 0.5) is 5.69 Å². The Labute approximate surface area is 114 Å². The molecule has 0 saturated heterocycles. The van der Waals surface area contributed by atoms with Gasteiger partial charge < -0.3 is 10.1 Å². The molecule has 0 aliphatic carbocycles. The number of carbonyl (C=O) groups excluding carboxylic acids is 2. The van der Waals surface area contributed by atoms with Gasteiger partial charge in [-0.1, -0.05) is 26.0 Å². The average Bonchev–Trinajstić information content (AvgIpc) is 2.37. The van der Waals surface area contributed by atoms with Gasteiger partial charge in [0.05, 0.1) is 13.5 Å². The fraction of sp³-hybridized carbons (Fsp3) is 0.467. The number of hydrogen-bond acceptors (Lipinski definition) is 3. The van der Waals surface area contributed by atoms with E-state index in [1.54, 1.807) is 0 Å². The lowest BCUT2D eigenvalue weighted by Crippen LogP contribution is -2.13. The number of anilines is 1. The highest BCUT2D eigenvalue weighted by Gasteiger charge is 2.07. The molecular formula is C15H21NO3. The Morgan fingerprint density at radius 3 is 2.32 bits per heavy atom. The third kappa shape index (κ3) is 6.04. The van der Waals surface area contributed by atoms with E-state index in [-0.39, 0.29) is 24.7 Å². The number of carbonyl (C=O) groups is 2. The van der Waals surface area contributed by atoms with E-state index in [0.29, 0.717) is 5.92 Å². The van der Waals surface area contributed by atoms with Gasteiger partial charge in [0.2, 0.25) is 5.91 Å². The predicted molar refractivity (Wildman–Crippen MR) is 74.9 cm³/mol. The van der Waals surface area contributed by atoms with E-state index >= 15 is 0 Å². The van der Waals surface area contributed by atoms with Crippen LogP contribution < -0.4 is 5.32 Å². The molecule has 0 unspecified atom stereocenters. The molecule has 1 amide bonds. The number of rotatable bonds is 6. The summed E-state index contributed by atoms with van der Waals surface area (Å²) in [6.07, 6.45) is 1.27. The third-order valence-corrected chi connectivity index (χ3v) is 2.67. The summed E-state index contributed by atoms with van der Waals surface area (Å²) < 4.78 is 4.48. The summed E-state index contributed by atoms with van der Waals surface area (Å²) in [7, 11) is 1.31. The standard InChI is InChI=1S/C15H21NO3/c1-11(2)10-12-4-6-13(7-5-12)16-14(17)8-9-15(18)19-3/h4-7,11H,8-10H2,1-3H3,(H,16,17). The van der Waals surface area contributed by atoms with Gasteiger partial charge in [0.1, 0.15) is 0 Å². The smallest absolute Gasteiger partial charge is 0.306 e. The van der Waals surface area contributed by atoms with Gasteiger partial charge in [-0.3, -0.25) is 9.59 Å². The fourth-order valence-electron chi connectivity index (χ4n) is 1.74. The summed E-state index contributed by atoms with van der Waals surface area (Å²) in [6.45, 7) is 4.34. The molecule has 0 aromatic heterocycles. The van der Waals surface area contributed by atoms with Crippen LogP contribution in [0.25, 0.3) is 0 Å². The minimum atomic E-state index is -0.373. The van der Waals surface area contributed by atoms with Gasteiger partial charge in [-0.15, -0.1) is 0 Å². The van der Waals surface area contributed by atoms with E-state index < -0.39 is 0 Å². The number of esters is 1. The maximum atomic E-state index is 11.6. The maximum absolute atomic E-state index is 11.6. The number of methoxy groups -OCH3 is 1. The Balaban J connectivity index is 2.44. The summed E-state index contributed by atoms with van der Waals surface area (Å²) in [5.74, 6) is 0.0601. The van der Waals surface area contributed by atoms with Crippen LogP contribution in [0.5, 0.6) is 0 Å². The molecule has 19 heavy (non-hydrogen) atoms. The maximum Gasteiger partial charge on any atom is 0.306 e. The molecule has 0 aliphatic rings. The quantitative estimate of drug-likeness (QED) is 0.803. The van der Waals surface area contributed by atoms with Crippen LogP contribution in [-0.4, -0.2) is 19.0 Å². The van der Waals surface area contributed by atoms with Gasteiger partial charge in [0.25, 0.3) is 0 Å². The molecule has 0 aliphatic heterocycles. The fourth-order valence-corrected chi connectivity index (χ4v) is 1.74. The van der Waals surface area contributed by atoms with Crippen molar-refractivity contribution in [1.82, 2.24) is 0 Å². The first kappa shape index (κ1) is 15.2. The van der Waals surface area contributed by atoms with E-state index in [9.17, 15) is 9.59 Å². The van der Waals surface area contributed by atoms with Crippen LogP contribution in [0.3, 0.4) is 0 Å². The van der Waals surface area contributed by atoms with Gasteiger partial charge in [-0.05, 0) is 30.0 Å². The molecule has 4 heteroatoms. The van der Waals surface area contributed by atoms with E-state index in [2.05, 4.69) is 23.9 Å². The predicted octanol–water partition coefficient (Wildman–Crippen LogP) is 2.78. The van der Waals surface area contributed by atoms with Crippen LogP contribution in [0.2, 0.25) is 0 Å². The zero-order chi connectivity index (χ0) is 14.3. The molecule has 104 valence electrons. The topological polar surface area (TPSA) is 55.4 Å². The molecule has 0 spiro atoms. The van der Waals surface area contributed by atoms with Gasteiger partial charge in [0.15, 0.2) is 0 Å². The summed E-state index contributed by atoms with van der Waals surface area (Å²) >= 11 is 0. The molecule has 1 rings (SSSR count). The third-order valence-electron chi connectivity index (χ3n) is 2.67. The average molecular weight is 263 g/mol. The summed E-state index contributed by atoms with van der Waals surface area (Å²) in [5, 5.41) is 2.76. The Morgan fingerprint density at radius 2 is 1.79 bits per heavy atom. The van der Waals surface area contributed by atoms with Gasteiger partial charge in [-0.25, -0.2) is 0 Å². The number of ether oxygens (including phenoxy) is 1. The number of amides is 1. The molecular weight excluding hydrogens is 242 g/mol. The number of nitrogens with one attached hydrogen (secondary N) is 1. The second-order valence-corrected chi connectivity index (χ2v) is 4.92.